The predicted octanol–water partition coefficient (Wildman–Crippen LogP) is 13.9. The highest BCUT2D eigenvalue weighted by Crippen LogP contribution is 2.48. The zero-order valence-electron chi connectivity index (χ0n) is 50.4. The van der Waals surface area contributed by atoms with E-state index in [1.807, 2.05) is 0 Å². The lowest BCUT2D eigenvalue weighted by Crippen LogP contribution is -1.90. The molecule has 1 heteroatoms. The van der Waals surface area contributed by atoms with Crippen molar-refractivity contribution in [3.05, 3.63) is 157 Å². The fourth-order valence-electron chi connectivity index (χ4n) is 6.95. The largest absolute Gasteiger partial charge is 0.455 e. The van der Waals surface area contributed by atoms with E-state index in [1.165, 1.54) is 0 Å². The van der Waals surface area contributed by atoms with Gasteiger partial charge in [-0.3, -0.25) is 0 Å². The smallest absolute Gasteiger partial charge is 0.143 e. The predicted molar refractivity (Wildman–Crippen MR) is 210 cm³/mol. The first-order valence-electron chi connectivity index (χ1n) is 27.9. The van der Waals surface area contributed by atoms with E-state index >= 15 is 0 Å². The van der Waals surface area contributed by atoms with E-state index in [0.29, 0.717) is 0 Å². The van der Waals surface area contributed by atoms with Gasteiger partial charge in [-0.05, 0) is 98.8 Å². The molecule has 1 nitrogen and oxygen atoms in total. The summed E-state index contributed by atoms with van der Waals surface area (Å²) in [6.07, 6.45) is 0. The number of fused-ring (bicyclic) bond motifs is 5. The van der Waals surface area contributed by atoms with E-state index < -0.39 is 255 Å². The highest BCUT2D eigenvalue weighted by molar-refractivity contribution is 6.30. The van der Waals surface area contributed by atoms with Crippen LogP contribution in [0.15, 0.2) is 162 Å². The van der Waals surface area contributed by atoms with Crippen LogP contribution in [0.2, 0.25) is 0 Å². The molecule has 0 N–H and O–H groups in total. The summed E-state index contributed by atoms with van der Waals surface area (Å²) >= 11 is 0. The molecule has 12 rings (SSSR count). The maximum Gasteiger partial charge on any atom is 0.143 e. The minimum Gasteiger partial charge on any atom is -0.455 e. The second kappa shape index (κ2) is 9.13. The Labute approximate surface area is 317 Å². The molecule has 0 amide bonds. The van der Waals surface area contributed by atoms with Crippen LogP contribution in [0.1, 0.15) is 35.6 Å². The van der Waals surface area contributed by atoms with Crippen molar-refractivity contribution in [2.45, 2.75) is 0 Å². The van der Waals surface area contributed by atoms with Crippen LogP contribution < -0.4 is 0 Å². The van der Waals surface area contributed by atoms with Crippen molar-refractivity contribution in [3.63, 3.8) is 0 Å². The number of furan rings is 1. The number of hydrogen-bond donors (Lipinski definition) is 0. The van der Waals surface area contributed by atoms with Crippen LogP contribution in [0.5, 0.6) is 0 Å². The molecule has 0 bridgehead atoms. The minimum atomic E-state index is -0.984. The molecule has 1 aromatic heterocycles. The lowest BCUT2D eigenvalue weighted by atomic mass is 9.86. The molecule has 0 saturated carbocycles. The molecular formula is C48H26O. The second-order valence-corrected chi connectivity index (χ2v) is 11.5. The lowest BCUT2D eigenvalue weighted by Gasteiger charge is -2.16. The number of benzene rings is 11. The van der Waals surface area contributed by atoms with Crippen LogP contribution in [0.4, 0.5) is 0 Å². The van der Waals surface area contributed by atoms with E-state index in [1.54, 1.807) is 0 Å². The third-order valence-corrected chi connectivity index (χ3v) is 9.05. The van der Waals surface area contributed by atoms with Gasteiger partial charge in [0.15, 0.2) is 0 Å². The van der Waals surface area contributed by atoms with Crippen LogP contribution >= 0.6 is 0 Å². The zero-order chi connectivity index (χ0) is 54.4. The van der Waals surface area contributed by atoms with Crippen LogP contribution in [-0.4, -0.2) is 0 Å². The average Bonchev–Trinajstić information content (AvgIpc) is 3.83. The SMILES string of the molecule is [2H]c1c([2H])c(-c2c([2H])c([2H])c3c([2H])c([2H])c4c([2H])c([2H])c([2H])c5c([2H])c([2H])c2c3c45)c2c(oc3c4c([2H])c([2H])c([2H])c([2H])c4c([2H])c([2H])c32)c1-c1c([2H])c([2H])c2c([2H])c([2H])c3c([2H])c([2H])c([2H])c4c([2H])c([2H])c1c2c34. The summed E-state index contributed by atoms with van der Waals surface area (Å²) in [6, 6.07) is -20.6. The molecular weight excluding hydrogens is 593 g/mol. The molecule has 0 atom stereocenters. The van der Waals surface area contributed by atoms with E-state index in [0.717, 1.165) is 0 Å². The van der Waals surface area contributed by atoms with Crippen molar-refractivity contribution < 1.29 is 40.1 Å². The summed E-state index contributed by atoms with van der Waals surface area (Å²) in [7, 11) is 0. The Hall–Kier alpha value is -6.44. The summed E-state index contributed by atoms with van der Waals surface area (Å²) < 4.78 is 245. The normalized spacial score (nSPS) is 19.9. The van der Waals surface area contributed by atoms with Crippen LogP contribution in [-0.2, 0) is 0 Å². The molecule has 0 spiro atoms. The summed E-state index contributed by atoms with van der Waals surface area (Å²) in [5.41, 5.74) is -3.86. The van der Waals surface area contributed by atoms with Gasteiger partial charge in [0.1, 0.15) is 11.2 Å². The maximum absolute atomic E-state index is 10.0. The molecule has 12 aromatic rings. The van der Waals surface area contributed by atoms with Crippen LogP contribution in [0, 0.1) is 0 Å². The minimum absolute atomic E-state index is 0.273. The molecule has 0 aliphatic rings. The fraction of sp³-hybridized carbons (Fsp3) is 0. The second-order valence-electron chi connectivity index (χ2n) is 11.5. The Kier molecular flexibility index (Phi) is 2.16. The summed E-state index contributed by atoms with van der Waals surface area (Å²) in [6.45, 7) is 0. The van der Waals surface area contributed by atoms with Crippen molar-refractivity contribution >= 4 is 97.3 Å². The van der Waals surface area contributed by atoms with Crippen molar-refractivity contribution in [3.8, 4) is 22.3 Å². The quantitative estimate of drug-likeness (QED) is 0.171. The van der Waals surface area contributed by atoms with Crippen molar-refractivity contribution in [2.24, 2.45) is 0 Å². The van der Waals surface area contributed by atoms with Crippen LogP contribution in [0.3, 0.4) is 0 Å². The average molecular weight is 645 g/mol. The van der Waals surface area contributed by atoms with Gasteiger partial charge < -0.3 is 4.42 Å². The highest BCUT2D eigenvalue weighted by atomic mass is 16.3. The molecule has 11 aromatic carbocycles. The van der Waals surface area contributed by atoms with Crippen molar-refractivity contribution in [1.82, 2.24) is 0 Å². The maximum atomic E-state index is 10.0. The Morgan fingerprint density at radius 1 is 0.265 bits per heavy atom. The lowest BCUT2D eigenvalue weighted by molar-refractivity contribution is 0.674. The van der Waals surface area contributed by atoms with E-state index in [9.17, 15) is 16.4 Å². The topological polar surface area (TPSA) is 13.1 Å². The standard InChI is InChI=1S/C48H26O/c1-2-10-34-27(5-1)15-24-41-46-39(35-20-16-32-13-11-28-6-3-8-30-18-22-37(35)44(32)42(28)30)25-26-40(48(46)49-47(34)41)36-21-17-33-14-12-29-7-4-9-31-19-23-38(36)45(33)43(29)31/h1-26H/i1D,2D,3D,4D,5D,6D,7D,8D,9D,10D,11D,12D,13D,14D,15D,16D,17D,18D,19D,20D,21D,22D,23D,24D,25D,26D. The zero-order valence-corrected chi connectivity index (χ0v) is 24.4. The fourth-order valence-corrected chi connectivity index (χ4v) is 6.95. The number of rotatable bonds is 2. The van der Waals surface area contributed by atoms with Gasteiger partial charge in [0, 0.05) is 21.7 Å². The molecule has 0 aliphatic carbocycles. The molecule has 0 unspecified atom stereocenters. The van der Waals surface area contributed by atoms with Gasteiger partial charge in [-0.25, -0.2) is 0 Å². The summed E-state index contributed by atoms with van der Waals surface area (Å²) in [5, 5.41) is -6.82. The Morgan fingerprint density at radius 2 is 0.694 bits per heavy atom. The van der Waals surface area contributed by atoms with Gasteiger partial charge in [0.25, 0.3) is 0 Å². The first kappa shape index (κ1) is 11.6. The van der Waals surface area contributed by atoms with Gasteiger partial charge in [0.05, 0.1) is 35.6 Å². The Bertz CT molecular complexity index is 4780. The van der Waals surface area contributed by atoms with Gasteiger partial charge in [-0.1, -0.05) is 145 Å². The Balaban J connectivity index is 1.42. The molecule has 0 saturated heterocycles. The van der Waals surface area contributed by atoms with Crippen molar-refractivity contribution in [2.75, 3.05) is 0 Å². The number of hydrogen-bond acceptors (Lipinski definition) is 1. The third kappa shape index (κ3) is 3.29. The van der Waals surface area contributed by atoms with E-state index in [4.69, 9.17) is 23.6 Å². The molecule has 224 valence electrons. The third-order valence-electron chi connectivity index (χ3n) is 9.05. The molecule has 1 heterocycles. The van der Waals surface area contributed by atoms with Gasteiger partial charge in [-0.2, -0.15) is 0 Å². The summed E-state index contributed by atoms with van der Waals surface area (Å²) in [4.78, 5) is 0. The molecule has 49 heavy (non-hydrogen) atoms. The first-order chi connectivity index (χ1) is 35.2. The first-order valence-corrected chi connectivity index (χ1v) is 14.9. The van der Waals surface area contributed by atoms with E-state index in [2.05, 4.69) is 0 Å². The summed E-state index contributed by atoms with van der Waals surface area (Å²) in [5.74, 6) is 0. The van der Waals surface area contributed by atoms with Crippen molar-refractivity contribution in [1.29, 1.82) is 0 Å². The molecule has 0 aliphatic heterocycles. The van der Waals surface area contributed by atoms with Crippen LogP contribution in [0.25, 0.3) is 120 Å². The van der Waals surface area contributed by atoms with E-state index in [-0.39, 0.29) is 21.5 Å². The molecule has 0 radical (unpaired) electrons. The molecule has 0 fully saturated rings. The Morgan fingerprint density at radius 3 is 1.33 bits per heavy atom. The van der Waals surface area contributed by atoms with Gasteiger partial charge in [-0.15, -0.1) is 0 Å². The highest BCUT2D eigenvalue weighted by Gasteiger charge is 2.22. The van der Waals surface area contributed by atoms with Gasteiger partial charge >= 0.3 is 0 Å². The van der Waals surface area contributed by atoms with Gasteiger partial charge in [0.2, 0.25) is 0 Å². The monoisotopic (exact) mass is 644 g/mol.